The molecule has 2 aromatic carbocycles. The van der Waals surface area contributed by atoms with Crippen LogP contribution in [0.1, 0.15) is 56.1 Å². The minimum Gasteiger partial charge on any atom is -0.449 e. The van der Waals surface area contributed by atoms with Crippen molar-refractivity contribution in [2.75, 3.05) is 52.8 Å². The number of fused-ring (bicyclic) bond motifs is 3. The summed E-state index contributed by atoms with van der Waals surface area (Å²) in [5.74, 6) is 0.0768. The van der Waals surface area contributed by atoms with E-state index in [1.807, 2.05) is 24.3 Å². The topological polar surface area (TPSA) is 66.0 Å². The highest BCUT2D eigenvalue weighted by molar-refractivity contribution is 5.79. The molecule has 34 heavy (non-hydrogen) atoms. The van der Waals surface area contributed by atoms with Crippen molar-refractivity contribution in [1.29, 1.82) is 0 Å². The molecule has 1 aliphatic carbocycles. The van der Waals surface area contributed by atoms with E-state index in [9.17, 15) is 4.79 Å². The van der Waals surface area contributed by atoms with Gasteiger partial charge in [0.2, 0.25) is 0 Å². The predicted molar refractivity (Wildman–Crippen MR) is 134 cm³/mol. The number of rotatable bonds is 17. The molecule has 1 aliphatic rings. The number of ether oxygens (including phenoxy) is 4. The van der Waals surface area contributed by atoms with Gasteiger partial charge in [-0.3, -0.25) is 0 Å². The highest BCUT2D eigenvalue weighted by Crippen LogP contribution is 2.44. The summed E-state index contributed by atoms with van der Waals surface area (Å²) >= 11 is 0. The van der Waals surface area contributed by atoms with Gasteiger partial charge >= 0.3 is 6.09 Å². The monoisotopic (exact) mass is 469 g/mol. The normalized spacial score (nSPS) is 12.4. The van der Waals surface area contributed by atoms with Gasteiger partial charge in [-0.15, -0.1) is 0 Å². The standard InChI is InChI=1S/C28H39NO5/c1-2-3-4-9-16-31-18-20-33-21-19-32-17-10-15-29-28(30)34-22-27-25-13-7-5-11-23(25)24-12-6-8-14-26(24)27/h5-8,11-14,27H,2-4,9-10,15-22H2,1H3,(H,29,30). The van der Waals surface area contributed by atoms with Crippen molar-refractivity contribution in [1.82, 2.24) is 5.32 Å². The Morgan fingerprint density at radius 3 is 1.91 bits per heavy atom. The molecule has 3 rings (SSSR count). The van der Waals surface area contributed by atoms with Crippen LogP contribution in [-0.4, -0.2) is 58.9 Å². The second-order valence-corrected chi connectivity index (χ2v) is 8.50. The van der Waals surface area contributed by atoms with Gasteiger partial charge in [0, 0.05) is 25.7 Å². The van der Waals surface area contributed by atoms with Gasteiger partial charge in [0.1, 0.15) is 6.61 Å². The maximum atomic E-state index is 12.2. The van der Waals surface area contributed by atoms with Gasteiger partial charge in [0.05, 0.1) is 26.4 Å². The van der Waals surface area contributed by atoms with Crippen LogP contribution in [0.3, 0.4) is 0 Å². The quantitative estimate of drug-likeness (QED) is 0.308. The van der Waals surface area contributed by atoms with Crippen molar-refractivity contribution in [3.05, 3.63) is 59.7 Å². The maximum absolute atomic E-state index is 12.2. The average Bonchev–Trinajstić information content (AvgIpc) is 3.19. The van der Waals surface area contributed by atoms with Crippen LogP contribution >= 0.6 is 0 Å². The molecule has 1 amide bonds. The molecule has 0 saturated carbocycles. The molecule has 0 radical (unpaired) electrons. The molecular weight excluding hydrogens is 430 g/mol. The summed E-state index contributed by atoms with van der Waals surface area (Å²) < 4.78 is 22.1. The summed E-state index contributed by atoms with van der Waals surface area (Å²) in [7, 11) is 0. The Labute approximate surface area is 203 Å². The van der Waals surface area contributed by atoms with Crippen molar-refractivity contribution in [2.45, 2.75) is 44.9 Å². The second kappa shape index (κ2) is 15.5. The van der Waals surface area contributed by atoms with E-state index in [1.165, 1.54) is 41.5 Å². The van der Waals surface area contributed by atoms with E-state index >= 15 is 0 Å². The zero-order valence-electron chi connectivity index (χ0n) is 20.4. The molecule has 6 heteroatoms. The molecule has 0 spiro atoms. The minimum absolute atomic E-state index is 0.0768. The third-order valence-electron chi connectivity index (χ3n) is 5.96. The Kier molecular flexibility index (Phi) is 11.9. The van der Waals surface area contributed by atoms with Crippen LogP contribution in [0.5, 0.6) is 0 Å². The fraction of sp³-hybridized carbons (Fsp3) is 0.536. The first kappa shape index (κ1) is 26.2. The van der Waals surface area contributed by atoms with Gasteiger partial charge in [-0.05, 0) is 35.1 Å². The lowest BCUT2D eigenvalue weighted by Crippen LogP contribution is -2.27. The molecule has 0 heterocycles. The van der Waals surface area contributed by atoms with E-state index in [0.717, 1.165) is 19.4 Å². The molecule has 0 atom stereocenters. The van der Waals surface area contributed by atoms with Crippen LogP contribution in [0, 0.1) is 0 Å². The first-order valence-corrected chi connectivity index (χ1v) is 12.6. The lowest BCUT2D eigenvalue weighted by atomic mass is 9.98. The molecule has 2 aromatic rings. The summed E-state index contributed by atoms with van der Waals surface area (Å²) in [4.78, 5) is 12.2. The predicted octanol–water partition coefficient (Wildman–Crippen LogP) is 5.55. The van der Waals surface area contributed by atoms with E-state index in [1.54, 1.807) is 0 Å². The van der Waals surface area contributed by atoms with E-state index in [-0.39, 0.29) is 12.0 Å². The number of hydrogen-bond acceptors (Lipinski definition) is 5. The van der Waals surface area contributed by atoms with E-state index in [2.05, 4.69) is 36.5 Å². The highest BCUT2D eigenvalue weighted by Gasteiger charge is 2.28. The minimum atomic E-state index is -0.389. The number of nitrogens with one attached hydrogen (secondary N) is 1. The van der Waals surface area contributed by atoms with Crippen molar-refractivity contribution < 1.29 is 23.7 Å². The van der Waals surface area contributed by atoms with Crippen LogP contribution in [0.4, 0.5) is 4.79 Å². The second-order valence-electron chi connectivity index (χ2n) is 8.50. The molecule has 0 unspecified atom stereocenters. The molecule has 1 N–H and O–H groups in total. The average molecular weight is 470 g/mol. The summed E-state index contributed by atoms with van der Waals surface area (Å²) in [6.07, 6.45) is 5.22. The number of carbonyl (C=O) groups excluding carboxylic acids is 1. The molecule has 0 aliphatic heterocycles. The fourth-order valence-corrected chi connectivity index (χ4v) is 4.19. The molecule has 186 valence electrons. The number of unbranched alkanes of at least 4 members (excludes halogenated alkanes) is 3. The number of benzene rings is 2. The maximum Gasteiger partial charge on any atom is 0.407 e. The number of alkyl carbamates (subject to hydrolysis) is 1. The van der Waals surface area contributed by atoms with Gasteiger partial charge in [0.15, 0.2) is 0 Å². The zero-order chi connectivity index (χ0) is 23.8. The van der Waals surface area contributed by atoms with E-state index < -0.39 is 0 Å². The number of carbonyl (C=O) groups is 1. The van der Waals surface area contributed by atoms with Gasteiger partial charge in [-0.1, -0.05) is 74.7 Å². The van der Waals surface area contributed by atoms with Gasteiger partial charge in [-0.25, -0.2) is 4.79 Å². The van der Waals surface area contributed by atoms with Crippen LogP contribution < -0.4 is 5.32 Å². The lowest BCUT2D eigenvalue weighted by Gasteiger charge is -2.14. The van der Waals surface area contributed by atoms with Crippen LogP contribution in [0.15, 0.2) is 48.5 Å². The van der Waals surface area contributed by atoms with Crippen LogP contribution in [0.2, 0.25) is 0 Å². The summed E-state index contributed by atoms with van der Waals surface area (Å²) in [5, 5.41) is 2.81. The smallest absolute Gasteiger partial charge is 0.407 e. The summed E-state index contributed by atoms with van der Waals surface area (Å²) in [5.41, 5.74) is 4.88. The van der Waals surface area contributed by atoms with Gasteiger partial charge in [0.25, 0.3) is 0 Å². The van der Waals surface area contributed by atoms with E-state index in [0.29, 0.717) is 46.2 Å². The number of hydrogen-bond donors (Lipinski definition) is 1. The first-order valence-electron chi connectivity index (χ1n) is 12.6. The Morgan fingerprint density at radius 2 is 1.29 bits per heavy atom. The van der Waals surface area contributed by atoms with Crippen molar-refractivity contribution in [3.63, 3.8) is 0 Å². The molecule has 0 bridgehead atoms. The highest BCUT2D eigenvalue weighted by atomic mass is 16.6. The first-order chi connectivity index (χ1) is 16.8. The Bertz CT molecular complexity index is 811. The fourth-order valence-electron chi connectivity index (χ4n) is 4.19. The van der Waals surface area contributed by atoms with Crippen molar-refractivity contribution in [2.24, 2.45) is 0 Å². The Morgan fingerprint density at radius 1 is 0.735 bits per heavy atom. The largest absolute Gasteiger partial charge is 0.449 e. The van der Waals surface area contributed by atoms with Crippen molar-refractivity contribution in [3.8, 4) is 11.1 Å². The van der Waals surface area contributed by atoms with Gasteiger partial charge < -0.3 is 24.3 Å². The van der Waals surface area contributed by atoms with Crippen LogP contribution in [0.25, 0.3) is 11.1 Å². The summed E-state index contributed by atoms with van der Waals surface area (Å²) in [6.45, 7) is 6.77. The molecule has 0 saturated heterocycles. The van der Waals surface area contributed by atoms with Crippen molar-refractivity contribution >= 4 is 6.09 Å². The zero-order valence-corrected chi connectivity index (χ0v) is 20.4. The van der Waals surface area contributed by atoms with Gasteiger partial charge in [-0.2, -0.15) is 0 Å². The molecular formula is C28H39NO5. The number of amides is 1. The Hall–Kier alpha value is -2.41. The molecule has 6 nitrogen and oxygen atoms in total. The van der Waals surface area contributed by atoms with Crippen LogP contribution in [-0.2, 0) is 18.9 Å². The third kappa shape index (κ3) is 8.42. The Balaban J connectivity index is 1.18. The summed E-state index contributed by atoms with van der Waals surface area (Å²) in [6, 6.07) is 16.6. The molecule has 0 aromatic heterocycles. The SMILES string of the molecule is CCCCCCOCCOCCOCCCNC(=O)OCC1c2ccccc2-c2ccccc21. The van der Waals surface area contributed by atoms with E-state index in [4.69, 9.17) is 18.9 Å². The lowest BCUT2D eigenvalue weighted by molar-refractivity contribution is 0.0135. The molecule has 0 fully saturated rings. The third-order valence-corrected chi connectivity index (χ3v) is 5.96.